The van der Waals surface area contributed by atoms with Crippen molar-refractivity contribution in [2.24, 2.45) is 0 Å². The van der Waals surface area contributed by atoms with Gasteiger partial charge in [0, 0.05) is 13.1 Å². The van der Waals surface area contributed by atoms with Crippen LogP contribution in [0.4, 0.5) is 11.4 Å². The van der Waals surface area contributed by atoms with E-state index in [1.54, 1.807) is 38.1 Å². The summed E-state index contributed by atoms with van der Waals surface area (Å²) in [7, 11) is -6.32. The van der Waals surface area contributed by atoms with E-state index in [9.17, 15) is 21.6 Å². The molecule has 1 amide bonds. The predicted molar refractivity (Wildman–Crippen MR) is 147 cm³/mol. The number of nitrogens with zero attached hydrogens (tertiary/aromatic N) is 1. The number of amides is 1. The Morgan fingerprint density at radius 2 is 1.58 bits per heavy atom. The number of anilines is 2. The summed E-state index contributed by atoms with van der Waals surface area (Å²) >= 11 is 0. The SMILES string of the molecule is COc1ccc(S(=O)(=O)N2CCCCC2)cc1NC(=O)c1ccccc1NS(=O)(=O)c1cc(C)ccc1C. The Labute approximate surface area is 223 Å². The zero-order valence-corrected chi connectivity index (χ0v) is 23.2. The maximum Gasteiger partial charge on any atom is 0.262 e. The number of nitrogens with one attached hydrogen (secondary N) is 2. The first kappa shape index (κ1) is 27.6. The second-order valence-corrected chi connectivity index (χ2v) is 12.8. The molecule has 3 aromatic carbocycles. The molecule has 1 heterocycles. The number of carbonyl (C=O) groups is 1. The number of hydrogen-bond acceptors (Lipinski definition) is 6. The Morgan fingerprint density at radius 1 is 0.868 bits per heavy atom. The third-order valence-electron chi connectivity index (χ3n) is 6.42. The van der Waals surface area contributed by atoms with Crippen molar-refractivity contribution in [1.29, 1.82) is 0 Å². The number of aryl methyl sites for hydroxylation is 2. The van der Waals surface area contributed by atoms with Crippen LogP contribution >= 0.6 is 0 Å². The number of ether oxygens (including phenoxy) is 1. The molecule has 0 bridgehead atoms. The van der Waals surface area contributed by atoms with Gasteiger partial charge in [0.25, 0.3) is 15.9 Å². The van der Waals surface area contributed by atoms with Gasteiger partial charge in [-0.05, 0) is 74.2 Å². The summed E-state index contributed by atoms with van der Waals surface area (Å²) in [5, 5.41) is 2.70. The lowest BCUT2D eigenvalue weighted by Gasteiger charge is -2.26. The van der Waals surface area contributed by atoms with Gasteiger partial charge in [0.05, 0.1) is 33.8 Å². The van der Waals surface area contributed by atoms with Crippen molar-refractivity contribution in [3.05, 3.63) is 77.4 Å². The minimum Gasteiger partial charge on any atom is -0.495 e. The Kier molecular flexibility index (Phi) is 8.10. The minimum absolute atomic E-state index is 0.0411. The summed E-state index contributed by atoms with van der Waals surface area (Å²) in [6.07, 6.45) is 2.59. The van der Waals surface area contributed by atoms with Gasteiger partial charge in [-0.25, -0.2) is 16.8 Å². The summed E-state index contributed by atoms with van der Waals surface area (Å²) in [5.41, 5.74) is 1.66. The Bertz CT molecular complexity index is 1560. The van der Waals surface area contributed by atoms with Gasteiger partial charge in [0.1, 0.15) is 5.75 Å². The summed E-state index contributed by atoms with van der Waals surface area (Å²) in [4.78, 5) is 13.5. The fourth-order valence-electron chi connectivity index (χ4n) is 4.36. The molecule has 38 heavy (non-hydrogen) atoms. The van der Waals surface area contributed by atoms with Gasteiger partial charge >= 0.3 is 0 Å². The largest absolute Gasteiger partial charge is 0.495 e. The smallest absolute Gasteiger partial charge is 0.262 e. The van der Waals surface area contributed by atoms with Gasteiger partial charge < -0.3 is 10.1 Å². The number of rotatable bonds is 8. The number of carbonyl (C=O) groups excluding carboxylic acids is 1. The molecule has 1 aliphatic rings. The normalized spacial score (nSPS) is 14.6. The molecule has 0 atom stereocenters. The van der Waals surface area contributed by atoms with Gasteiger partial charge in [0.2, 0.25) is 10.0 Å². The summed E-state index contributed by atoms with van der Waals surface area (Å²) in [6, 6.07) is 15.6. The highest BCUT2D eigenvalue weighted by atomic mass is 32.2. The molecule has 2 N–H and O–H groups in total. The molecule has 0 aliphatic carbocycles. The molecule has 3 aromatic rings. The molecule has 1 fully saturated rings. The lowest BCUT2D eigenvalue weighted by molar-refractivity contribution is 0.102. The van der Waals surface area contributed by atoms with Crippen molar-refractivity contribution in [3.8, 4) is 5.75 Å². The first-order chi connectivity index (χ1) is 18.0. The van der Waals surface area contributed by atoms with Crippen LogP contribution in [-0.4, -0.2) is 47.2 Å². The van der Waals surface area contributed by atoms with Crippen molar-refractivity contribution in [2.75, 3.05) is 30.2 Å². The molecule has 0 radical (unpaired) electrons. The van der Waals surface area contributed by atoms with E-state index in [0.29, 0.717) is 18.7 Å². The van der Waals surface area contributed by atoms with Crippen molar-refractivity contribution < 1.29 is 26.4 Å². The standard InChI is InChI=1S/C27H31N3O6S2/c1-19-11-12-20(2)26(17-19)37(32,33)29-23-10-6-5-9-22(23)27(31)28-24-18-21(13-14-25(24)36-3)38(34,35)30-15-7-4-8-16-30/h5-6,9-14,17-18,29H,4,7-8,15-16H2,1-3H3,(H,28,31). The van der Waals surface area contributed by atoms with Gasteiger partial charge in [-0.15, -0.1) is 0 Å². The Balaban J connectivity index is 1.64. The van der Waals surface area contributed by atoms with Gasteiger partial charge in [0.15, 0.2) is 0 Å². The zero-order valence-electron chi connectivity index (χ0n) is 21.5. The molecule has 202 valence electrons. The summed E-state index contributed by atoms with van der Waals surface area (Å²) < 4.78 is 62.1. The van der Waals surface area contributed by atoms with E-state index in [1.165, 1.54) is 41.7 Å². The first-order valence-corrected chi connectivity index (χ1v) is 15.1. The highest BCUT2D eigenvalue weighted by Gasteiger charge is 2.27. The highest BCUT2D eigenvalue weighted by molar-refractivity contribution is 7.92. The average Bonchev–Trinajstić information content (AvgIpc) is 2.90. The van der Waals surface area contributed by atoms with E-state index in [4.69, 9.17) is 4.74 Å². The lowest BCUT2D eigenvalue weighted by Crippen LogP contribution is -2.35. The van der Waals surface area contributed by atoms with Crippen LogP contribution in [-0.2, 0) is 20.0 Å². The molecule has 0 unspecified atom stereocenters. The van der Waals surface area contributed by atoms with Crippen molar-refractivity contribution >= 4 is 37.3 Å². The number of hydrogen-bond donors (Lipinski definition) is 2. The molecule has 1 aliphatic heterocycles. The minimum atomic E-state index is -3.99. The first-order valence-electron chi connectivity index (χ1n) is 12.2. The van der Waals surface area contributed by atoms with Crippen LogP contribution in [0.3, 0.4) is 0 Å². The second kappa shape index (κ2) is 11.1. The molecular weight excluding hydrogens is 526 g/mol. The van der Waals surface area contributed by atoms with Gasteiger partial charge in [-0.1, -0.05) is 30.7 Å². The number of piperidine rings is 1. The van der Waals surface area contributed by atoms with Crippen molar-refractivity contribution in [3.63, 3.8) is 0 Å². The maximum atomic E-state index is 13.3. The Hall–Kier alpha value is -3.41. The van der Waals surface area contributed by atoms with E-state index >= 15 is 0 Å². The van der Waals surface area contributed by atoms with Crippen LogP contribution in [0.5, 0.6) is 5.75 Å². The fourth-order valence-corrected chi connectivity index (χ4v) is 7.31. The Morgan fingerprint density at radius 3 is 2.29 bits per heavy atom. The van der Waals surface area contributed by atoms with Crippen LogP contribution in [0.25, 0.3) is 0 Å². The van der Waals surface area contributed by atoms with Crippen LogP contribution in [0.15, 0.2) is 70.5 Å². The summed E-state index contributed by atoms with van der Waals surface area (Å²) in [5.74, 6) is -0.362. The van der Waals surface area contributed by atoms with Crippen LogP contribution in [0.1, 0.15) is 40.7 Å². The number of para-hydroxylation sites is 1. The molecule has 0 saturated carbocycles. The van der Waals surface area contributed by atoms with Gasteiger partial charge in [-0.3, -0.25) is 9.52 Å². The van der Waals surface area contributed by atoms with E-state index in [1.807, 2.05) is 6.07 Å². The van der Waals surface area contributed by atoms with Crippen molar-refractivity contribution in [2.45, 2.75) is 42.9 Å². The predicted octanol–water partition coefficient (Wildman–Crippen LogP) is 4.54. The number of sulfonamides is 2. The molecule has 9 nitrogen and oxygen atoms in total. The quantitative estimate of drug-likeness (QED) is 0.419. The third-order valence-corrected chi connectivity index (χ3v) is 9.82. The molecule has 0 aromatic heterocycles. The average molecular weight is 558 g/mol. The molecule has 4 rings (SSSR count). The molecule has 11 heteroatoms. The fraction of sp³-hybridized carbons (Fsp3) is 0.296. The second-order valence-electron chi connectivity index (χ2n) is 9.20. The monoisotopic (exact) mass is 557 g/mol. The number of benzene rings is 3. The van der Waals surface area contributed by atoms with Crippen LogP contribution in [0.2, 0.25) is 0 Å². The zero-order chi connectivity index (χ0) is 27.5. The van der Waals surface area contributed by atoms with Crippen molar-refractivity contribution in [1.82, 2.24) is 4.31 Å². The number of methoxy groups -OCH3 is 1. The van der Waals surface area contributed by atoms with E-state index in [0.717, 1.165) is 24.8 Å². The molecular formula is C27H31N3O6S2. The van der Waals surface area contributed by atoms with Gasteiger partial charge in [-0.2, -0.15) is 4.31 Å². The lowest BCUT2D eigenvalue weighted by atomic mass is 10.1. The van der Waals surface area contributed by atoms with E-state index in [-0.39, 0.29) is 32.5 Å². The topological polar surface area (TPSA) is 122 Å². The molecule has 1 saturated heterocycles. The third kappa shape index (κ3) is 5.85. The highest BCUT2D eigenvalue weighted by Crippen LogP contribution is 2.31. The van der Waals surface area contributed by atoms with Crippen LogP contribution < -0.4 is 14.8 Å². The van der Waals surface area contributed by atoms with E-state index < -0.39 is 26.0 Å². The maximum absolute atomic E-state index is 13.3. The van der Waals surface area contributed by atoms with Crippen LogP contribution in [0, 0.1) is 13.8 Å². The van der Waals surface area contributed by atoms with E-state index in [2.05, 4.69) is 10.0 Å². The molecule has 0 spiro atoms. The summed E-state index contributed by atoms with van der Waals surface area (Å²) in [6.45, 7) is 4.39.